The zero-order chi connectivity index (χ0) is 16.7. The van der Waals surface area contributed by atoms with E-state index in [0.717, 1.165) is 24.3 Å². The van der Waals surface area contributed by atoms with Gasteiger partial charge >= 0.3 is 0 Å². The molecule has 1 aliphatic rings. The highest BCUT2D eigenvalue weighted by Gasteiger charge is 2.28. The van der Waals surface area contributed by atoms with Crippen molar-refractivity contribution in [2.75, 3.05) is 13.1 Å². The molecule has 1 atom stereocenters. The minimum absolute atomic E-state index is 0.431. The van der Waals surface area contributed by atoms with Gasteiger partial charge in [-0.15, -0.1) is 11.3 Å². The molecule has 3 heterocycles. The van der Waals surface area contributed by atoms with Gasteiger partial charge in [0.1, 0.15) is 0 Å². The van der Waals surface area contributed by atoms with Gasteiger partial charge in [-0.25, -0.2) is 4.98 Å². The van der Waals surface area contributed by atoms with E-state index >= 15 is 0 Å². The first kappa shape index (κ1) is 15.8. The Morgan fingerprint density at radius 2 is 1.96 bits per heavy atom. The number of piperidine rings is 1. The second-order valence-electron chi connectivity index (χ2n) is 6.85. The highest BCUT2D eigenvalue weighted by Crippen LogP contribution is 2.36. The molecule has 4 rings (SSSR count). The average Bonchev–Trinajstić information content (AvgIpc) is 3.18. The van der Waals surface area contributed by atoms with Crippen LogP contribution in [-0.4, -0.2) is 33.2 Å². The largest absolute Gasteiger partial charge is 0.296 e. The number of aryl methyl sites for hydroxylation is 2. The average molecular weight is 340 g/mol. The minimum atomic E-state index is 0.431. The number of thiazole rings is 1. The molecule has 1 aliphatic heterocycles. The van der Waals surface area contributed by atoms with Crippen LogP contribution in [0.5, 0.6) is 0 Å². The zero-order valence-corrected chi connectivity index (χ0v) is 15.4. The maximum absolute atomic E-state index is 4.87. The Kier molecular flexibility index (Phi) is 4.14. The van der Waals surface area contributed by atoms with Gasteiger partial charge in [-0.1, -0.05) is 12.1 Å². The molecule has 4 nitrogen and oxygen atoms in total. The quantitative estimate of drug-likeness (QED) is 0.759. The lowest BCUT2D eigenvalue weighted by Crippen LogP contribution is -2.35. The molecule has 0 amide bonds. The van der Waals surface area contributed by atoms with Crippen molar-refractivity contribution in [2.24, 2.45) is 0 Å². The van der Waals surface area contributed by atoms with Crippen LogP contribution in [0.1, 0.15) is 53.7 Å². The van der Waals surface area contributed by atoms with Gasteiger partial charge in [-0.2, -0.15) is 5.10 Å². The number of nitrogens with zero attached hydrogens (tertiary/aromatic N) is 3. The monoisotopic (exact) mass is 340 g/mol. The van der Waals surface area contributed by atoms with Gasteiger partial charge in [-0.05, 0) is 58.8 Å². The number of hydrogen-bond acceptors (Lipinski definition) is 4. The second-order valence-corrected chi connectivity index (χ2v) is 7.92. The highest BCUT2D eigenvalue weighted by molar-refractivity contribution is 7.18. The van der Waals surface area contributed by atoms with Crippen LogP contribution in [-0.2, 0) is 0 Å². The number of aromatic amines is 1. The van der Waals surface area contributed by atoms with Crippen LogP contribution < -0.4 is 0 Å². The van der Waals surface area contributed by atoms with Crippen LogP contribution in [0, 0.1) is 13.8 Å². The van der Waals surface area contributed by atoms with E-state index in [1.54, 1.807) is 0 Å². The molecule has 126 valence electrons. The van der Waals surface area contributed by atoms with Crippen LogP contribution >= 0.6 is 11.3 Å². The lowest BCUT2D eigenvalue weighted by atomic mass is 9.94. The molecule has 0 spiro atoms. The number of aromatic nitrogens is 3. The molecule has 24 heavy (non-hydrogen) atoms. The van der Waals surface area contributed by atoms with Crippen molar-refractivity contribution in [3.05, 3.63) is 46.2 Å². The number of rotatable bonds is 3. The highest BCUT2D eigenvalue weighted by atomic mass is 32.1. The Morgan fingerprint density at radius 3 is 2.62 bits per heavy atom. The summed E-state index contributed by atoms with van der Waals surface area (Å²) in [5, 5.41) is 8.80. The van der Waals surface area contributed by atoms with Gasteiger partial charge in [0.2, 0.25) is 0 Å². The number of nitrogens with one attached hydrogen (secondary N) is 1. The molecule has 1 aromatic carbocycles. The second kappa shape index (κ2) is 6.30. The Balaban J connectivity index is 1.46. The first-order valence-electron chi connectivity index (χ1n) is 8.74. The van der Waals surface area contributed by atoms with E-state index in [4.69, 9.17) is 4.98 Å². The summed E-state index contributed by atoms with van der Waals surface area (Å²) < 4.78 is 1.31. The zero-order valence-electron chi connectivity index (χ0n) is 14.5. The third-order valence-corrected chi connectivity index (χ3v) is 6.54. The van der Waals surface area contributed by atoms with Gasteiger partial charge in [0.05, 0.1) is 20.9 Å². The van der Waals surface area contributed by atoms with Crippen molar-refractivity contribution in [1.29, 1.82) is 0 Å². The maximum Gasteiger partial charge on any atom is 0.0970 e. The van der Waals surface area contributed by atoms with E-state index in [1.165, 1.54) is 33.8 Å². The molecule has 3 aromatic rings. The van der Waals surface area contributed by atoms with Crippen molar-refractivity contribution in [3.8, 4) is 0 Å². The standard InChI is InChI=1S/C19H24N4S/c1-12-18(13(2)22-21-12)14(3)23-10-8-15(9-11-23)19-20-16-6-4-5-7-17(16)24-19/h4-7,14-15H,8-11H2,1-3H3,(H,21,22). The minimum Gasteiger partial charge on any atom is -0.296 e. The van der Waals surface area contributed by atoms with Gasteiger partial charge in [0.25, 0.3) is 0 Å². The summed E-state index contributed by atoms with van der Waals surface area (Å²) in [6.07, 6.45) is 2.39. The third kappa shape index (κ3) is 2.76. The van der Waals surface area contributed by atoms with Crippen molar-refractivity contribution >= 4 is 21.6 Å². The van der Waals surface area contributed by atoms with Crippen LogP contribution in [0.25, 0.3) is 10.2 Å². The molecule has 1 N–H and O–H groups in total. The maximum atomic E-state index is 4.87. The molecule has 2 aromatic heterocycles. The number of likely N-dealkylation sites (tertiary alicyclic amines) is 1. The van der Waals surface area contributed by atoms with Gasteiger partial charge in [-0.3, -0.25) is 10.00 Å². The Hall–Kier alpha value is -1.72. The molecule has 1 saturated heterocycles. The molecule has 5 heteroatoms. The van der Waals surface area contributed by atoms with Gasteiger partial charge < -0.3 is 0 Å². The Morgan fingerprint density at radius 1 is 1.21 bits per heavy atom. The number of para-hydroxylation sites is 1. The van der Waals surface area contributed by atoms with E-state index in [2.05, 4.69) is 60.1 Å². The van der Waals surface area contributed by atoms with Crippen molar-refractivity contribution in [3.63, 3.8) is 0 Å². The van der Waals surface area contributed by atoms with E-state index in [-0.39, 0.29) is 0 Å². The van der Waals surface area contributed by atoms with Gasteiger partial charge in [0.15, 0.2) is 0 Å². The summed E-state index contributed by atoms with van der Waals surface area (Å²) in [6, 6.07) is 8.91. The fourth-order valence-corrected chi connectivity index (χ4v) is 5.09. The van der Waals surface area contributed by atoms with Crippen molar-refractivity contribution in [2.45, 2.75) is 45.6 Å². The summed E-state index contributed by atoms with van der Waals surface area (Å²) in [4.78, 5) is 7.46. The van der Waals surface area contributed by atoms with E-state index in [9.17, 15) is 0 Å². The summed E-state index contributed by atoms with van der Waals surface area (Å²) in [6.45, 7) is 8.80. The summed E-state index contributed by atoms with van der Waals surface area (Å²) >= 11 is 1.87. The van der Waals surface area contributed by atoms with Crippen molar-refractivity contribution < 1.29 is 0 Å². The number of H-pyrrole nitrogens is 1. The smallest absolute Gasteiger partial charge is 0.0970 e. The fraction of sp³-hybridized carbons (Fsp3) is 0.474. The summed E-state index contributed by atoms with van der Waals surface area (Å²) in [5.41, 5.74) is 4.85. The van der Waals surface area contributed by atoms with Crippen LogP contribution in [0.4, 0.5) is 0 Å². The predicted octanol–water partition coefficient (Wildman–Crippen LogP) is 4.58. The number of benzene rings is 1. The number of fused-ring (bicyclic) bond motifs is 1. The van der Waals surface area contributed by atoms with Crippen LogP contribution in [0.2, 0.25) is 0 Å². The summed E-state index contributed by atoms with van der Waals surface area (Å²) in [7, 11) is 0. The SMILES string of the molecule is Cc1n[nH]c(C)c1C(C)N1CCC(c2nc3ccccc3s2)CC1. The molecule has 1 fully saturated rings. The number of hydrogen-bond donors (Lipinski definition) is 1. The topological polar surface area (TPSA) is 44.8 Å². The molecule has 0 saturated carbocycles. The Labute approximate surface area is 146 Å². The molecule has 0 radical (unpaired) electrons. The predicted molar refractivity (Wildman–Crippen MR) is 99.6 cm³/mol. The molecule has 0 aliphatic carbocycles. The van der Waals surface area contributed by atoms with E-state index in [1.807, 2.05) is 11.3 Å². The Bertz CT molecular complexity index is 790. The first-order valence-corrected chi connectivity index (χ1v) is 9.56. The van der Waals surface area contributed by atoms with Gasteiger partial charge in [0, 0.05) is 23.2 Å². The summed E-state index contributed by atoms with van der Waals surface area (Å²) in [5.74, 6) is 0.609. The van der Waals surface area contributed by atoms with E-state index in [0.29, 0.717) is 12.0 Å². The van der Waals surface area contributed by atoms with Crippen LogP contribution in [0.3, 0.4) is 0 Å². The fourth-order valence-electron chi connectivity index (χ4n) is 3.96. The van der Waals surface area contributed by atoms with E-state index < -0.39 is 0 Å². The normalized spacial score (nSPS) is 18.3. The lowest BCUT2D eigenvalue weighted by Gasteiger charge is -2.35. The third-order valence-electron chi connectivity index (χ3n) is 5.34. The van der Waals surface area contributed by atoms with Crippen LogP contribution in [0.15, 0.2) is 24.3 Å². The molecule has 1 unspecified atom stereocenters. The lowest BCUT2D eigenvalue weighted by molar-refractivity contribution is 0.161. The molecular formula is C19H24N4S. The van der Waals surface area contributed by atoms with Crippen molar-refractivity contribution in [1.82, 2.24) is 20.1 Å². The molecular weight excluding hydrogens is 316 g/mol. The first-order chi connectivity index (χ1) is 11.6. The molecule has 0 bridgehead atoms.